The van der Waals surface area contributed by atoms with Crippen molar-refractivity contribution < 1.29 is 39.6 Å². The molecule has 0 saturated heterocycles. The minimum atomic E-state index is -1.38. The number of carboxylic acids is 4. The quantitative estimate of drug-likeness (QED) is 0.577. The summed E-state index contributed by atoms with van der Waals surface area (Å²) in [7, 11) is 0. The van der Waals surface area contributed by atoms with Gasteiger partial charge in [-0.25, -0.2) is 19.2 Å². The molecule has 0 unspecified atom stereocenters. The average molecular weight is 356 g/mol. The monoisotopic (exact) mass is 356 g/mol. The lowest BCUT2D eigenvalue weighted by Crippen LogP contribution is -2.08. The Morgan fingerprint density at radius 1 is 0.538 bits per heavy atom. The van der Waals surface area contributed by atoms with Crippen LogP contribution in [-0.4, -0.2) is 44.3 Å². The normalized spacial score (nSPS) is 10.6. The van der Waals surface area contributed by atoms with Crippen LogP contribution in [0.2, 0.25) is 0 Å². The lowest BCUT2D eigenvalue weighted by atomic mass is 9.96. The molecule has 0 bridgehead atoms. The molecule has 0 atom stereocenters. The minimum absolute atomic E-state index is 0.177. The second-order valence-electron chi connectivity index (χ2n) is 5.09. The van der Waals surface area contributed by atoms with Crippen molar-refractivity contribution in [2.75, 3.05) is 0 Å². The smallest absolute Gasteiger partial charge is 0.336 e. The molecule has 0 fully saturated rings. The van der Waals surface area contributed by atoms with Crippen LogP contribution in [0.25, 0.3) is 12.2 Å². The Bertz CT molecular complexity index is 814. The molecule has 0 saturated carbocycles. The maximum atomic E-state index is 11.3. The highest BCUT2D eigenvalue weighted by molar-refractivity contribution is 6.04. The van der Waals surface area contributed by atoms with E-state index in [1.165, 1.54) is 36.4 Å². The summed E-state index contributed by atoms with van der Waals surface area (Å²) in [6.07, 6.45) is 2.17. The number of carboxylic acid groups (broad SMARTS) is 4. The second-order valence-corrected chi connectivity index (χ2v) is 5.09. The lowest BCUT2D eigenvalue weighted by molar-refractivity contribution is 0.0675. The van der Waals surface area contributed by atoms with Crippen LogP contribution in [-0.2, 0) is 0 Å². The predicted octanol–water partition coefficient (Wildman–Crippen LogP) is 2.65. The number of hydrogen-bond donors (Lipinski definition) is 4. The molecule has 26 heavy (non-hydrogen) atoms. The number of benzene rings is 2. The van der Waals surface area contributed by atoms with Gasteiger partial charge in [-0.2, -0.15) is 0 Å². The molecule has 2 aromatic carbocycles. The van der Waals surface area contributed by atoms with Crippen molar-refractivity contribution in [3.63, 3.8) is 0 Å². The van der Waals surface area contributed by atoms with Gasteiger partial charge in [-0.05, 0) is 24.3 Å². The molecule has 4 N–H and O–H groups in total. The molecule has 8 nitrogen and oxygen atoms in total. The summed E-state index contributed by atoms with van der Waals surface area (Å²) >= 11 is 0. The first-order chi connectivity index (χ1) is 12.2. The Kier molecular flexibility index (Phi) is 5.17. The van der Waals surface area contributed by atoms with Crippen LogP contribution in [0.1, 0.15) is 52.6 Å². The van der Waals surface area contributed by atoms with Crippen LogP contribution in [0.15, 0.2) is 36.4 Å². The summed E-state index contributed by atoms with van der Waals surface area (Å²) in [4.78, 5) is 45.4. The number of aromatic carboxylic acids is 4. The topological polar surface area (TPSA) is 149 Å². The van der Waals surface area contributed by atoms with E-state index < -0.39 is 23.9 Å². The fourth-order valence-corrected chi connectivity index (χ4v) is 2.40. The molecule has 132 valence electrons. The molecule has 0 aliphatic rings. The summed E-state index contributed by atoms with van der Waals surface area (Å²) in [5, 5.41) is 37.0. The first-order valence-corrected chi connectivity index (χ1v) is 7.11. The molecular formula is C18H12O8. The van der Waals surface area contributed by atoms with Crippen LogP contribution >= 0.6 is 0 Å². The minimum Gasteiger partial charge on any atom is -0.478 e. The Balaban J connectivity index is 2.72. The van der Waals surface area contributed by atoms with Crippen LogP contribution in [0.4, 0.5) is 0 Å². The molecule has 0 heterocycles. The zero-order chi connectivity index (χ0) is 19.4. The molecule has 0 spiro atoms. The number of hydrogen-bond acceptors (Lipinski definition) is 4. The summed E-state index contributed by atoms with van der Waals surface area (Å²) in [6.45, 7) is 0. The van der Waals surface area contributed by atoms with E-state index in [2.05, 4.69) is 0 Å². The molecular weight excluding hydrogens is 344 g/mol. The molecule has 2 aromatic rings. The summed E-state index contributed by atoms with van der Waals surface area (Å²) in [5.41, 5.74) is -1.61. The first-order valence-electron chi connectivity index (χ1n) is 7.11. The third-order valence-electron chi connectivity index (χ3n) is 3.55. The van der Waals surface area contributed by atoms with Gasteiger partial charge >= 0.3 is 23.9 Å². The van der Waals surface area contributed by atoms with Gasteiger partial charge in [0.15, 0.2) is 0 Å². The van der Waals surface area contributed by atoms with Gasteiger partial charge in [0.1, 0.15) is 0 Å². The van der Waals surface area contributed by atoms with Crippen molar-refractivity contribution in [3.05, 3.63) is 69.8 Å². The molecule has 8 heteroatoms. The largest absolute Gasteiger partial charge is 0.478 e. The fourth-order valence-electron chi connectivity index (χ4n) is 2.40. The van der Waals surface area contributed by atoms with E-state index in [4.69, 9.17) is 0 Å². The van der Waals surface area contributed by atoms with E-state index in [9.17, 15) is 39.6 Å². The third kappa shape index (κ3) is 3.59. The van der Waals surface area contributed by atoms with Crippen molar-refractivity contribution in [1.82, 2.24) is 0 Å². The van der Waals surface area contributed by atoms with Gasteiger partial charge in [0.2, 0.25) is 0 Å². The lowest BCUT2D eigenvalue weighted by Gasteiger charge is -2.08. The van der Waals surface area contributed by atoms with Crippen molar-refractivity contribution >= 4 is 36.0 Å². The van der Waals surface area contributed by atoms with Gasteiger partial charge in [-0.3, -0.25) is 0 Å². The number of rotatable bonds is 6. The van der Waals surface area contributed by atoms with Crippen molar-refractivity contribution in [1.29, 1.82) is 0 Å². The molecule has 0 amide bonds. The standard InChI is InChI=1S/C18H12O8/c19-15(20)11-3-1-4-12(16(21)22)9(11)7-8-10-13(17(23)24)5-2-6-14(10)18(25)26/h1-8H,(H,19,20)(H,21,22)(H,23,24)(H,25,26)/b8-7+. The molecule has 0 aliphatic carbocycles. The summed E-state index contributed by atoms with van der Waals surface area (Å²) in [6, 6.07) is 7.28. The van der Waals surface area contributed by atoms with E-state index in [0.29, 0.717) is 0 Å². The molecule has 0 aromatic heterocycles. The van der Waals surface area contributed by atoms with Crippen LogP contribution in [0, 0.1) is 0 Å². The Labute approximate surface area is 146 Å². The van der Waals surface area contributed by atoms with Gasteiger partial charge in [0.05, 0.1) is 22.3 Å². The van der Waals surface area contributed by atoms with Crippen LogP contribution in [0.3, 0.4) is 0 Å². The van der Waals surface area contributed by atoms with Gasteiger partial charge in [0.25, 0.3) is 0 Å². The Hall–Kier alpha value is -3.94. The molecule has 0 radical (unpaired) electrons. The van der Waals surface area contributed by atoms with Gasteiger partial charge in [-0.1, -0.05) is 24.3 Å². The zero-order valence-corrected chi connectivity index (χ0v) is 13.0. The maximum Gasteiger partial charge on any atom is 0.336 e. The SMILES string of the molecule is O=C(O)c1cccc(C(=O)O)c1/C=C/c1c(C(=O)O)cccc1C(=O)O. The molecule has 2 rings (SSSR count). The van der Waals surface area contributed by atoms with E-state index >= 15 is 0 Å². The first kappa shape index (κ1) is 18.4. The third-order valence-corrected chi connectivity index (χ3v) is 3.55. The second kappa shape index (κ2) is 7.31. The summed E-state index contributed by atoms with van der Waals surface area (Å²) in [5.74, 6) is -5.51. The highest BCUT2D eigenvalue weighted by atomic mass is 16.4. The van der Waals surface area contributed by atoms with Crippen molar-refractivity contribution in [2.45, 2.75) is 0 Å². The number of carbonyl (C=O) groups is 4. The maximum absolute atomic E-state index is 11.3. The van der Waals surface area contributed by atoms with Crippen molar-refractivity contribution in [2.24, 2.45) is 0 Å². The van der Waals surface area contributed by atoms with Gasteiger partial charge < -0.3 is 20.4 Å². The predicted molar refractivity (Wildman–Crippen MR) is 89.6 cm³/mol. The zero-order valence-electron chi connectivity index (χ0n) is 13.0. The average Bonchev–Trinajstić information content (AvgIpc) is 2.58. The van der Waals surface area contributed by atoms with Crippen molar-refractivity contribution in [3.8, 4) is 0 Å². The Morgan fingerprint density at radius 3 is 0.962 bits per heavy atom. The van der Waals surface area contributed by atoms with Crippen LogP contribution in [0.5, 0.6) is 0 Å². The van der Waals surface area contributed by atoms with E-state index in [0.717, 1.165) is 12.2 Å². The Morgan fingerprint density at radius 2 is 0.769 bits per heavy atom. The van der Waals surface area contributed by atoms with E-state index in [-0.39, 0.29) is 33.4 Å². The highest BCUT2D eigenvalue weighted by Gasteiger charge is 2.19. The van der Waals surface area contributed by atoms with Crippen LogP contribution < -0.4 is 0 Å². The summed E-state index contributed by atoms with van der Waals surface area (Å²) < 4.78 is 0. The van der Waals surface area contributed by atoms with Gasteiger partial charge in [-0.15, -0.1) is 0 Å². The highest BCUT2D eigenvalue weighted by Crippen LogP contribution is 2.22. The van der Waals surface area contributed by atoms with E-state index in [1.54, 1.807) is 0 Å². The van der Waals surface area contributed by atoms with Gasteiger partial charge in [0, 0.05) is 11.1 Å². The fraction of sp³-hybridized carbons (Fsp3) is 0. The molecule has 0 aliphatic heterocycles. The van der Waals surface area contributed by atoms with E-state index in [1.807, 2.05) is 0 Å².